The van der Waals surface area contributed by atoms with Crippen molar-refractivity contribution in [1.82, 2.24) is 20.6 Å². The topological polar surface area (TPSA) is 74.7 Å². The summed E-state index contributed by atoms with van der Waals surface area (Å²) in [7, 11) is 0. The van der Waals surface area contributed by atoms with Crippen LogP contribution in [0.4, 0.5) is 0 Å². The lowest BCUT2D eigenvalue weighted by Gasteiger charge is -2.14. The van der Waals surface area contributed by atoms with Gasteiger partial charge in [0, 0.05) is 10.0 Å². The number of aromatic amines is 1. The Morgan fingerprint density at radius 2 is 2.28 bits per heavy atom. The first-order valence-corrected chi connectivity index (χ1v) is 6.73. The first-order chi connectivity index (χ1) is 8.72. The minimum Gasteiger partial charge on any atom is -0.388 e. The zero-order valence-electron chi connectivity index (χ0n) is 10.1. The Balaban J connectivity index is 2.35. The lowest BCUT2D eigenvalue weighted by atomic mass is 9.98. The van der Waals surface area contributed by atoms with Crippen molar-refractivity contribution in [3.8, 4) is 11.4 Å². The SMILES string of the molecule is CCCC[C@@H](O)c1ccc(Br)cc1-c1nnn[nH]1. The van der Waals surface area contributed by atoms with Crippen LogP contribution in [0.1, 0.15) is 37.9 Å². The Kier molecular flexibility index (Phi) is 4.43. The molecule has 0 aliphatic heterocycles. The van der Waals surface area contributed by atoms with Crippen LogP contribution in [0.3, 0.4) is 0 Å². The second-order valence-corrected chi connectivity index (χ2v) is 5.06. The number of nitrogens with zero attached hydrogens (tertiary/aromatic N) is 3. The molecular weight excluding hydrogens is 296 g/mol. The highest BCUT2D eigenvalue weighted by atomic mass is 79.9. The number of halogens is 1. The highest BCUT2D eigenvalue weighted by Crippen LogP contribution is 2.30. The molecule has 2 N–H and O–H groups in total. The monoisotopic (exact) mass is 310 g/mol. The van der Waals surface area contributed by atoms with E-state index in [2.05, 4.69) is 43.5 Å². The molecule has 0 aliphatic rings. The normalized spacial score (nSPS) is 12.6. The molecule has 0 fully saturated rings. The standard InChI is InChI=1S/C12H15BrN4O/c1-2-3-4-11(18)9-6-5-8(13)7-10(9)12-14-16-17-15-12/h5-7,11,18H,2-4H2,1H3,(H,14,15,16,17)/t11-/m1/s1. The molecule has 0 bridgehead atoms. The molecule has 5 nitrogen and oxygen atoms in total. The summed E-state index contributed by atoms with van der Waals surface area (Å²) in [6.07, 6.45) is 2.31. The summed E-state index contributed by atoms with van der Waals surface area (Å²) in [5.74, 6) is 0.571. The molecule has 0 aliphatic carbocycles. The second kappa shape index (κ2) is 6.06. The van der Waals surface area contributed by atoms with Crippen molar-refractivity contribution in [2.45, 2.75) is 32.3 Å². The molecule has 1 aromatic carbocycles. The van der Waals surface area contributed by atoms with Crippen LogP contribution in [0, 0.1) is 0 Å². The van der Waals surface area contributed by atoms with E-state index >= 15 is 0 Å². The molecule has 0 spiro atoms. The molecule has 0 unspecified atom stereocenters. The number of aromatic nitrogens is 4. The van der Waals surface area contributed by atoms with Gasteiger partial charge >= 0.3 is 0 Å². The number of H-pyrrole nitrogens is 1. The Labute approximate surface area is 114 Å². The largest absolute Gasteiger partial charge is 0.388 e. The van der Waals surface area contributed by atoms with E-state index in [1.165, 1.54) is 0 Å². The zero-order chi connectivity index (χ0) is 13.0. The summed E-state index contributed by atoms with van der Waals surface area (Å²) in [4.78, 5) is 0. The number of benzene rings is 1. The molecule has 96 valence electrons. The van der Waals surface area contributed by atoms with Gasteiger partial charge in [-0.1, -0.05) is 41.8 Å². The summed E-state index contributed by atoms with van der Waals surface area (Å²) >= 11 is 3.42. The van der Waals surface area contributed by atoms with Crippen LogP contribution in [0.2, 0.25) is 0 Å². The molecule has 6 heteroatoms. The van der Waals surface area contributed by atoms with Crippen LogP contribution in [-0.4, -0.2) is 25.7 Å². The predicted molar refractivity (Wildman–Crippen MR) is 71.8 cm³/mol. The lowest BCUT2D eigenvalue weighted by Crippen LogP contribution is -2.01. The molecule has 0 amide bonds. The van der Waals surface area contributed by atoms with Gasteiger partial charge in [-0.05, 0) is 34.5 Å². The highest BCUT2D eigenvalue weighted by molar-refractivity contribution is 9.10. The third-order valence-electron chi connectivity index (χ3n) is 2.81. The van der Waals surface area contributed by atoms with Gasteiger partial charge in [-0.2, -0.15) is 0 Å². The second-order valence-electron chi connectivity index (χ2n) is 4.14. The minimum atomic E-state index is -0.488. The van der Waals surface area contributed by atoms with Crippen molar-refractivity contribution >= 4 is 15.9 Å². The maximum Gasteiger partial charge on any atom is 0.179 e. The van der Waals surface area contributed by atoms with Crippen molar-refractivity contribution in [3.63, 3.8) is 0 Å². The van der Waals surface area contributed by atoms with Crippen molar-refractivity contribution in [1.29, 1.82) is 0 Å². The first-order valence-electron chi connectivity index (χ1n) is 5.94. The van der Waals surface area contributed by atoms with Crippen LogP contribution < -0.4 is 0 Å². The fourth-order valence-corrected chi connectivity index (χ4v) is 2.21. The molecule has 0 radical (unpaired) electrons. The number of unbranched alkanes of at least 4 members (excludes halogenated alkanes) is 1. The Bertz CT molecular complexity index is 501. The van der Waals surface area contributed by atoms with E-state index < -0.39 is 6.10 Å². The fourth-order valence-electron chi connectivity index (χ4n) is 1.85. The summed E-state index contributed by atoms with van der Waals surface area (Å²) < 4.78 is 0.931. The van der Waals surface area contributed by atoms with E-state index in [4.69, 9.17) is 0 Å². The number of tetrazole rings is 1. The quantitative estimate of drug-likeness (QED) is 0.890. The van der Waals surface area contributed by atoms with Crippen LogP contribution in [0.5, 0.6) is 0 Å². The predicted octanol–water partition coefficient (Wildman–Crippen LogP) is 2.85. The zero-order valence-corrected chi connectivity index (χ0v) is 11.7. The molecule has 2 aromatic rings. The van der Waals surface area contributed by atoms with Gasteiger partial charge in [-0.25, -0.2) is 5.10 Å². The summed E-state index contributed by atoms with van der Waals surface area (Å²) in [6, 6.07) is 5.73. The van der Waals surface area contributed by atoms with Gasteiger partial charge in [0.05, 0.1) is 6.10 Å². The van der Waals surface area contributed by atoms with Gasteiger partial charge in [0.25, 0.3) is 0 Å². The highest BCUT2D eigenvalue weighted by Gasteiger charge is 2.15. The van der Waals surface area contributed by atoms with Crippen LogP contribution in [0.25, 0.3) is 11.4 Å². The number of hydrogen-bond acceptors (Lipinski definition) is 4. The van der Waals surface area contributed by atoms with Gasteiger partial charge in [-0.3, -0.25) is 0 Å². The average molecular weight is 311 g/mol. The number of rotatable bonds is 5. The third-order valence-corrected chi connectivity index (χ3v) is 3.30. The van der Waals surface area contributed by atoms with E-state index in [0.717, 1.165) is 34.9 Å². The van der Waals surface area contributed by atoms with E-state index in [-0.39, 0.29) is 0 Å². The molecule has 18 heavy (non-hydrogen) atoms. The number of aliphatic hydroxyl groups is 1. The van der Waals surface area contributed by atoms with Gasteiger partial charge in [-0.15, -0.1) is 5.10 Å². The average Bonchev–Trinajstić information content (AvgIpc) is 2.89. The molecule has 0 saturated carbocycles. The van der Waals surface area contributed by atoms with Gasteiger partial charge < -0.3 is 5.11 Å². The number of hydrogen-bond donors (Lipinski definition) is 2. The molecule has 1 heterocycles. The molecular formula is C12H15BrN4O. The van der Waals surface area contributed by atoms with Gasteiger partial charge in [0.1, 0.15) is 0 Å². The molecule has 1 atom stereocenters. The van der Waals surface area contributed by atoms with Crippen molar-refractivity contribution in [3.05, 3.63) is 28.2 Å². The Morgan fingerprint density at radius 1 is 1.44 bits per heavy atom. The van der Waals surface area contributed by atoms with Gasteiger partial charge in [0.15, 0.2) is 5.82 Å². The molecule has 1 aromatic heterocycles. The summed E-state index contributed by atoms with van der Waals surface area (Å²) in [5.41, 5.74) is 1.68. The van der Waals surface area contributed by atoms with Gasteiger partial charge in [0.2, 0.25) is 0 Å². The fraction of sp³-hybridized carbons (Fsp3) is 0.417. The van der Waals surface area contributed by atoms with Crippen molar-refractivity contribution < 1.29 is 5.11 Å². The first kappa shape index (κ1) is 13.2. The van der Waals surface area contributed by atoms with Crippen LogP contribution in [-0.2, 0) is 0 Å². The van der Waals surface area contributed by atoms with E-state index in [9.17, 15) is 5.11 Å². The van der Waals surface area contributed by atoms with Crippen molar-refractivity contribution in [2.75, 3.05) is 0 Å². The summed E-state index contributed by atoms with van der Waals surface area (Å²) in [6.45, 7) is 2.11. The molecule has 0 saturated heterocycles. The Morgan fingerprint density at radius 3 is 2.94 bits per heavy atom. The lowest BCUT2D eigenvalue weighted by molar-refractivity contribution is 0.165. The van der Waals surface area contributed by atoms with Crippen LogP contribution in [0.15, 0.2) is 22.7 Å². The maximum absolute atomic E-state index is 10.2. The van der Waals surface area contributed by atoms with Crippen molar-refractivity contribution in [2.24, 2.45) is 0 Å². The van der Waals surface area contributed by atoms with E-state index in [1.807, 2.05) is 18.2 Å². The van der Waals surface area contributed by atoms with E-state index in [0.29, 0.717) is 5.82 Å². The number of nitrogens with one attached hydrogen (secondary N) is 1. The number of aliphatic hydroxyl groups excluding tert-OH is 1. The molecule has 2 rings (SSSR count). The minimum absolute atomic E-state index is 0.488. The van der Waals surface area contributed by atoms with Crippen LogP contribution >= 0.6 is 15.9 Å². The smallest absolute Gasteiger partial charge is 0.179 e. The maximum atomic E-state index is 10.2. The summed E-state index contributed by atoms with van der Waals surface area (Å²) in [5, 5.41) is 24.0. The Hall–Kier alpha value is -1.27. The van der Waals surface area contributed by atoms with E-state index in [1.54, 1.807) is 0 Å². The third kappa shape index (κ3) is 2.94.